The normalized spacial score (nSPS) is 13.5. The van der Waals surface area contributed by atoms with Gasteiger partial charge in [0, 0.05) is 29.0 Å². The molecule has 0 fully saturated rings. The Kier molecular flexibility index (Phi) is 4.05. The third-order valence-electron chi connectivity index (χ3n) is 4.14. The molecule has 0 saturated carbocycles. The minimum absolute atomic E-state index is 0.694. The van der Waals surface area contributed by atoms with Crippen LogP contribution in [0.4, 0.5) is 23.0 Å². The van der Waals surface area contributed by atoms with Crippen molar-refractivity contribution in [2.45, 2.75) is 12.8 Å². The molecule has 0 bridgehead atoms. The first kappa shape index (κ1) is 15.0. The Balaban J connectivity index is 1.64. The van der Waals surface area contributed by atoms with E-state index in [4.69, 9.17) is 11.6 Å². The Labute approximate surface area is 146 Å². The van der Waals surface area contributed by atoms with Gasteiger partial charge < -0.3 is 10.2 Å². The monoisotopic (exact) mass is 336 g/mol. The molecule has 4 rings (SSSR count). The van der Waals surface area contributed by atoms with Crippen molar-refractivity contribution in [1.82, 2.24) is 9.97 Å². The lowest BCUT2D eigenvalue weighted by Gasteiger charge is -2.30. The van der Waals surface area contributed by atoms with Gasteiger partial charge in [0.15, 0.2) is 0 Å². The minimum Gasteiger partial charge on any atom is -0.340 e. The number of hydrogen-bond donors (Lipinski definition) is 1. The molecule has 0 unspecified atom stereocenters. The minimum atomic E-state index is 0.694. The number of benzene rings is 2. The Morgan fingerprint density at radius 2 is 1.92 bits per heavy atom. The number of hydrogen-bond acceptors (Lipinski definition) is 4. The summed E-state index contributed by atoms with van der Waals surface area (Å²) in [5, 5.41) is 3.98. The molecule has 0 radical (unpaired) electrons. The van der Waals surface area contributed by atoms with Gasteiger partial charge in [-0.15, -0.1) is 0 Å². The molecule has 1 N–H and O–H groups in total. The Hall–Kier alpha value is -2.59. The molecule has 2 aromatic carbocycles. The number of nitrogens with one attached hydrogen (secondary N) is 1. The number of rotatable bonds is 3. The van der Waals surface area contributed by atoms with Crippen LogP contribution < -0.4 is 10.2 Å². The highest BCUT2D eigenvalue weighted by atomic mass is 35.5. The highest BCUT2D eigenvalue weighted by Crippen LogP contribution is 2.33. The lowest BCUT2D eigenvalue weighted by Crippen LogP contribution is -2.25. The number of anilines is 4. The van der Waals surface area contributed by atoms with Crippen molar-refractivity contribution in [2.24, 2.45) is 0 Å². The summed E-state index contributed by atoms with van der Waals surface area (Å²) in [6.45, 7) is 0.963. The summed E-state index contributed by atoms with van der Waals surface area (Å²) in [7, 11) is 0. The second-order valence-electron chi connectivity index (χ2n) is 5.78. The first-order valence-electron chi connectivity index (χ1n) is 8.00. The van der Waals surface area contributed by atoms with Crippen LogP contribution in [0.25, 0.3) is 0 Å². The molecule has 24 heavy (non-hydrogen) atoms. The first-order valence-corrected chi connectivity index (χ1v) is 8.37. The van der Waals surface area contributed by atoms with Crippen LogP contribution in [0.3, 0.4) is 0 Å². The molecule has 120 valence electrons. The van der Waals surface area contributed by atoms with E-state index < -0.39 is 0 Å². The summed E-state index contributed by atoms with van der Waals surface area (Å²) in [5.41, 5.74) is 3.51. The largest absolute Gasteiger partial charge is 0.340 e. The van der Waals surface area contributed by atoms with E-state index in [-0.39, 0.29) is 0 Å². The van der Waals surface area contributed by atoms with Crippen LogP contribution in [0, 0.1) is 0 Å². The molecule has 0 saturated heterocycles. The summed E-state index contributed by atoms with van der Waals surface area (Å²) in [6.07, 6.45) is 3.84. The number of nitrogens with zero attached hydrogens (tertiary/aromatic N) is 3. The average Bonchev–Trinajstić information content (AvgIpc) is 2.61. The van der Waals surface area contributed by atoms with Crippen LogP contribution in [0.15, 0.2) is 60.9 Å². The van der Waals surface area contributed by atoms with Gasteiger partial charge in [-0.1, -0.05) is 35.9 Å². The van der Waals surface area contributed by atoms with E-state index in [0.29, 0.717) is 5.02 Å². The Bertz CT molecular complexity index is 865. The van der Waals surface area contributed by atoms with Crippen LogP contribution in [-0.2, 0) is 6.42 Å². The van der Waals surface area contributed by atoms with Gasteiger partial charge in [-0.2, -0.15) is 0 Å². The lowest BCUT2D eigenvalue weighted by atomic mass is 10.0. The molecule has 1 aromatic heterocycles. The third-order valence-corrected chi connectivity index (χ3v) is 4.37. The molecular weight excluding hydrogens is 320 g/mol. The summed E-state index contributed by atoms with van der Waals surface area (Å²) < 4.78 is 0. The van der Waals surface area contributed by atoms with Crippen LogP contribution >= 0.6 is 11.6 Å². The third kappa shape index (κ3) is 3.05. The zero-order valence-electron chi connectivity index (χ0n) is 13.1. The molecule has 0 spiro atoms. The van der Waals surface area contributed by atoms with E-state index in [9.17, 15) is 0 Å². The van der Waals surface area contributed by atoms with E-state index >= 15 is 0 Å². The van der Waals surface area contributed by atoms with Crippen LogP contribution in [0.1, 0.15) is 12.0 Å². The van der Waals surface area contributed by atoms with Crippen molar-refractivity contribution < 1.29 is 0 Å². The van der Waals surface area contributed by atoms with E-state index in [1.54, 1.807) is 6.33 Å². The quantitative estimate of drug-likeness (QED) is 0.734. The smallest absolute Gasteiger partial charge is 0.138 e. The fourth-order valence-corrected chi connectivity index (χ4v) is 3.24. The second-order valence-corrected chi connectivity index (χ2v) is 6.22. The van der Waals surface area contributed by atoms with E-state index in [0.717, 1.165) is 36.7 Å². The zero-order valence-corrected chi connectivity index (χ0v) is 13.9. The molecule has 0 amide bonds. The van der Waals surface area contributed by atoms with Gasteiger partial charge >= 0.3 is 0 Å². The van der Waals surface area contributed by atoms with Crippen LogP contribution in [0.2, 0.25) is 5.02 Å². The SMILES string of the molecule is Clc1cccc(Nc2cc(N3CCCc4ccccc43)ncn2)c1. The van der Waals surface area contributed by atoms with Crippen molar-refractivity contribution in [3.63, 3.8) is 0 Å². The predicted molar refractivity (Wildman–Crippen MR) is 98.5 cm³/mol. The highest BCUT2D eigenvalue weighted by Gasteiger charge is 2.19. The van der Waals surface area contributed by atoms with Crippen LogP contribution in [-0.4, -0.2) is 16.5 Å². The molecule has 1 aliphatic heterocycles. The van der Waals surface area contributed by atoms with E-state index in [1.807, 2.05) is 30.3 Å². The second kappa shape index (κ2) is 6.49. The highest BCUT2D eigenvalue weighted by molar-refractivity contribution is 6.30. The maximum absolute atomic E-state index is 6.04. The Morgan fingerprint density at radius 3 is 2.83 bits per heavy atom. The number of fused-ring (bicyclic) bond motifs is 1. The number of halogens is 1. The molecule has 2 heterocycles. The summed E-state index contributed by atoms with van der Waals surface area (Å²) in [5.74, 6) is 1.66. The number of aromatic nitrogens is 2. The van der Waals surface area contributed by atoms with E-state index in [1.165, 1.54) is 11.3 Å². The molecule has 0 aliphatic carbocycles. The lowest BCUT2D eigenvalue weighted by molar-refractivity contribution is 0.758. The molecular formula is C19H17ClN4. The van der Waals surface area contributed by atoms with Gasteiger partial charge in [-0.3, -0.25) is 0 Å². The van der Waals surface area contributed by atoms with Crippen molar-refractivity contribution in [1.29, 1.82) is 0 Å². The fourth-order valence-electron chi connectivity index (χ4n) is 3.05. The summed E-state index contributed by atoms with van der Waals surface area (Å²) in [6, 6.07) is 18.1. The maximum atomic E-state index is 6.04. The van der Waals surface area contributed by atoms with Gasteiger partial charge in [0.2, 0.25) is 0 Å². The van der Waals surface area contributed by atoms with Crippen molar-refractivity contribution in [3.8, 4) is 0 Å². The fraction of sp³-hybridized carbons (Fsp3) is 0.158. The Morgan fingerprint density at radius 1 is 1.00 bits per heavy atom. The van der Waals surface area contributed by atoms with Crippen molar-refractivity contribution in [3.05, 3.63) is 71.5 Å². The average molecular weight is 337 g/mol. The van der Waals surface area contributed by atoms with Gasteiger partial charge in [0.25, 0.3) is 0 Å². The van der Waals surface area contributed by atoms with E-state index in [2.05, 4.69) is 44.5 Å². The molecule has 1 aliphatic rings. The first-order chi connectivity index (χ1) is 11.8. The standard InChI is InChI=1S/C19H17ClN4/c20-15-7-3-8-16(11-15)23-18-12-19(22-13-21-18)24-10-4-6-14-5-1-2-9-17(14)24/h1-3,5,7-9,11-13H,4,6,10H2,(H,21,22,23). The van der Waals surface area contributed by atoms with Crippen molar-refractivity contribution >= 4 is 34.6 Å². The van der Waals surface area contributed by atoms with Gasteiger partial charge in [0.05, 0.1) is 0 Å². The maximum Gasteiger partial charge on any atom is 0.138 e. The van der Waals surface area contributed by atoms with Crippen LogP contribution in [0.5, 0.6) is 0 Å². The van der Waals surface area contributed by atoms with Gasteiger partial charge in [-0.05, 0) is 42.7 Å². The molecule has 3 aromatic rings. The molecule has 0 atom stereocenters. The van der Waals surface area contributed by atoms with Gasteiger partial charge in [0.1, 0.15) is 18.0 Å². The topological polar surface area (TPSA) is 41.0 Å². The van der Waals surface area contributed by atoms with Gasteiger partial charge in [-0.25, -0.2) is 9.97 Å². The summed E-state index contributed by atoms with van der Waals surface area (Å²) >= 11 is 6.04. The summed E-state index contributed by atoms with van der Waals surface area (Å²) in [4.78, 5) is 11.0. The predicted octanol–water partition coefficient (Wildman–Crippen LogP) is 4.96. The number of aryl methyl sites for hydroxylation is 1. The van der Waals surface area contributed by atoms with Crippen molar-refractivity contribution in [2.75, 3.05) is 16.8 Å². The molecule has 4 nitrogen and oxygen atoms in total. The zero-order chi connectivity index (χ0) is 16.4. The molecule has 5 heteroatoms. The number of para-hydroxylation sites is 1.